The minimum Gasteiger partial charge on any atom is -0.299 e. The Morgan fingerprint density at radius 3 is 2.53 bits per heavy atom. The smallest absolute Gasteiger partial charge is 0.173 e. The molecular weight excluding hydrogens is 266 g/mol. The van der Waals surface area contributed by atoms with Crippen LogP contribution in [0.3, 0.4) is 0 Å². The largest absolute Gasteiger partial charge is 0.299 e. The molecule has 0 aliphatic heterocycles. The van der Waals surface area contributed by atoms with Crippen LogP contribution in [0.5, 0.6) is 0 Å². The summed E-state index contributed by atoms with van der Waals surface area (Å²) in [4.78, 5) is 23.3. The van der Waals surface area contributed by atoms with Crippen LogP contribution in [0.25, 0.3) is 0 Å². The quantitative estimate of drug-likeness (QED) is 0.477. The second-order valence-corrected chi connectivity index (χ2v) is 4.84. The van der Waals surface area contributed by atoms with E-state index in [-0.39, 0.29) is 33.7 Å². The molecule has 1 aromatic carbocycles. The summed E-state index contributed by atoms with van der Waals surface area (Å²) in [5.41, 5.74) is -0.0951. The molecular formula is C12H9Cl2FO2. The van der Waals surface area contributed by atoms with Gasteiger partial charge in [0.25, 0.3) is 0 Å². The average molecular weight is 275 g/mol. The van der Waals surface area contributed by atoms with Gasteiger partial charge in [0.2, 0.25) is 0 Å². The van der Waals surface area contributed by atoms with E-state index in [0.29, 0.717) is 0 Å². The van der Waals surface area contributed by atoms with Crippen LogP contribution >= 0.6 is 23.2 Å². The number of hydrogen-bond donors (Lipinski definition) is 0. The van der Waals surface area contributed by atoms with Crippen LogP contribution in [0.1, 0.15) is 29.6 Å². The maximum atomic E-state index is 13.2. The lowest BCUT2D eigenvalue weighted by atomic mass is 10.0. The molecule has 0 heterocycles. The Bertz CT molecular complexity index is 496. The normalized spacial score (nSPS) is 14.8. The molecule has 0 saturated heterocycles. The van der Waals surface area contributed by atoms with E-state index in [1.807, 2.05) is 0 Å². The molecule has 0 aromatic heterocycles. The molecule has 0 spiro atoms. The third kappa shape index (κ3) is 2.67. The maximum absolute atomic E-state index is 13.2. The maximum Gasteiger partial charge on any atom is 0.173 e. The van der Waals surface area contributed by atoms with Crippen molar-refractivity contribution in [3.05, 3.63) is 33.6 Å². The Labute approximate surface area is 108 Å². The summed E-state index contributed by atoms with van der Waals surface area (Å²) >= 11 is 11.5. The van der Waals surface area contributed by atoms with Crippen molar-refractivity contribution in [2.24, 2.45) is 5.92 Å². The van der Waals surface area contributed by atoms with Crippen molar-refractivity contribution in [3.8, 4) is 0 Å². The fourth-order valence-electron chi connectivity index (χ4n) is 1.58. The van der Waals surface area contributed by atoms with E-state index < -0.39 is 11.6 Å². The average Bonchev–Trinajstić information content (AvgIpc) is 3.07. The molecule has 17 heavy (non-hydrogen) atoms. The van der Waals surface area contributed by atoms with Crippen molar-refractivity contribution in [1.29, 1.82) is 0 Å². The molecule has 0 unspecified atom stereocenters. The van der Waals surface area contributed by atoms with Gasteiger partial charge in [0.1, 0.15) is 11.6 Å². The van der Waals surface area contributed by atoms with E-state index in [1.165, 1.54) is 6.07 Å². The Morgan fingerprint density at radius 1 is 1.29 bits per heavy atom. The third-order valence-corrected chi connectivity index (χ3v) is 3.37. The molecule has 1 aliphatic carbocycles. The summed E-state index contributed by atoms with van der Waals surface area (Å²) in [6, 6.07) is 2.35. The van der Waals surface area contributed by atoms with E-state index in [0.717, 1.165) is 18.9 Å². The first-order chi connectivity index (χ1) is 8.00. The van der Waals surface area contributed by atoms with Crippen molar-refractivity contribution in [2.75, 3.05) is 0 Å². The Hall–Kier alpha value is -0.930. The first kappa shape index (κ1) is 12.5. The van der Waals surface area contributed by atoms with E-state index in [9.17, 15) is 14.0 Å². The molecule has 0 atom stereocenters. The van der Waals surface area contributed by atoms with E-state index >= 15 is 0 Å². The highest BCUT2D eigenvalue weighted by molar-refractivity contribution is 6.40. The number of benzene rings is 1. The van der Waals surface area contributed by atoms with Gasteiger partial charge in [0, 0.05) is 5.92 Å². The van der Waals surface area contributed by atoms with Crippen molar-refractivity contribution in [1.82, 2.24) is 0 Å². The molecule has 0 bridgehead atoms. The van der Waals surface area contributed by atoms with Crippen LogP contribution in [-0.4, -0.2) is 11.6 Å². The molecule has 0 N–H and O–H groups in total. The van der Waals surface area contributed by atoms with E-state index in [1.54, 1.807) is 0 Å². The molecule has 0 radical (unpaired) electrons. The summed E-state index contributed by atoms with van der Waals surface area (Å²) in [7, 11) is 0. The highest BCUT2D eigenvalue weighted by Gasteiger charge is 2.31. The van der Waals surface area contributed by atoms with Crippen molar-refractivity contribution in [2.45, 2.75) is 19.3 Å². The number of rotatable bonds is 4. The second-order valence-electron chi connectivity index (χ2n) is 4.06. The minimum atomic E-state index is -0.710. The fraction of sp³-hybridized carbons (Fsp3) is 0.333. The zero-order chi connectivity index (χ0) is 12.6. The predicted octanol–water partition coefficient (Wildman–Crippen LogP) is 3.68. The second kappa shape index (κ2) is 4.75. The van der Waals surface area contributed by atoms with Crippen LogP contribution in [0.15, 0.2) is 12.1 Å². The van der Waals surface area contributed by atoms with Gasteiger partial charge in [0.15, 0.2) is 5.78 Å². The summed E-state index contributed by atoms with van der Waals surface area (Å²) in [6.45, 7) is 0. The van der Waals surface area contributed by atoms with Gasteiger partial charge >= 0.3 is 0 Å². The number of halogens is 3. The molecule has 1 aliphatic rings. The Balaban J connectivity index is 2.23. The van der Waals surface area contributed by atoms with Crippen LogP contribution < -0.4 is 0 Å². The molecule has 5 heteroatoms. The van der Waals surface area contributed by atoms with E-state index in [2.05, 4.69) is 0 Å². The van der Waals surface area contributed by atoms with Gasteiger partial charge < -0.3 is 0 Å². The van der Waals surface area contributed by atoms with Crippen LogP contribution in [0.2, 0.25) is 10.0 Å². The topological polar surface area (TPSA) is 34.1 Å². The van der Waals surface area contributed by atoms with Gasteiger partial charge in [-0.1, -0.05) is 23.2 Å². The summed E-state index contributed by atoms with van der Waals surface area (Å²) in [6.07, 6.45) is 1.40. The number of Topliss-reactive ketones (excluding diaryl/α,β-unsaturated/α-hetero) is 2. The van der Waals surface area contributed by atoms with E-state index in [4.69, 9.17) is 23.2 Å². The van der Waals surface area contributed by atoms with Crippen LogP contribution in [0.4, 0.5) is 4.39 Å². The molecule has 1 saturated carbocycles. The summed E-state index contributed by atoms with van der Waals surface area (Å²) < 4.78 is 13.2. The zero-order valence-electron chi connectivity index (χ0n) is 8.80. The number of ketones is 2. The summed E-state index contributed by atoms with van der Waals surface area (Å²) in [5, 5.41) is -0.240. The van der Waals surface area contributed by atoms with Crippen molar-refractivity contribution >= 4 is 34.8 Å². The molecule has 1 aromatic rings. The molecule has 90 valence electrons. The highest BCUT2D eigenvalue weighted by atomic mass is 35.5. The SMILES string of the molecule is O=C(CC(=O)C1CC1)c1c(Cl)ccc(F)c1Cl. The molecule has 2 rings (SSSR count). The van der Waals surface area contributed by atoms with Crippen LogP contribution in [0, 0.1) is 11.7 Å². The lowest BCUT2D eigenvalue weighted by Gasteiger charge is -2.06. The standard InChI is InChI=1S/C12H9Cl2FO2/c13-7-3-4-8(15)12(14)11(7)10(17)5-9(16)6-1-2-6/h3-4,6H,1-2,5H2. The Morgan fingerprint density at radius 2 is 1.94 bits per heavy atom. The molecule has 0 amide bonds. The highest BCUT2D eigenvalue weighted by Crippen LogP contribution is 2.33. The fourth-order valence-corrected chi connectivity index (χ4v) is 2.16. The van der Waals surface area contributed by atoms with Gasteiger partial charge in [-0.25, -0.2) is 4.39 Å². The predicted molar refractivity (Wildman–Crippen MR) is 63.1 cm³/mol. The third-order valence-electron chi connectivity index (χ3n) is 2.69. The van der Waals surface area contributed by atoms with Crippen molar-refractivity contribution in [3.63, 3.8) is 0 Å². The first-order valence-electron chi connectivity index (χ1n) is 5.20. The van der Waals surface area contributed by atoms with Crippen LogP contribution in [-0.2, 0) is 4.79 Å². The molecule has 2 nitrogen and oxygen atoms in total. The lowest BCUT2D eigenvalue weighted by Crippen LogP contribution is -2.11. The number of carbonyl (C=O) groups excluding carboxylic acids is 2. The van der Waals surface area contributed by atoms with Gasteiger partial charge in [-0.3, -0.25) is 9.59 Å². The van der Waals surface area contributed by atoms with Gasteiger partial charge in [0.05, 0.1) is 22.0 Å². The Kier molecular flexibility index (Phi) is 3.50. The number of hydrogen-bond acceptors (Lipinski definition) is 2. The molecule has 1 fully saturated rings. The van der Waals surface area contributed by atoms with Gasteiger partial charge in [-0.2, -0.15) is 0 Å². The summed E-state index contributed by atoms with van der Waals surface area (Å²) in [5.74, 6) is -1.36. The van der Waals surface area contributed by atoms with Gasteiger partial charge in [-0.05, 0) is 25.0 Å². The lowest BCUT2D eigenvalue weighted by molar-refractivity contribution is -0.119. The van der Waals surface area contributed by atoms with Crippen molar-refractivity contribution < 1.29 is 14.0 Å². The zero-order valence-corrected chi connectivity index (χ0v) is 10.3. The minimum absolute atomic E-state index is 0.00920. The number of carbonyl (C=O) groups is 2. The first-order valence-corrected chi connectivity index (χ1v) is 5.95. The van der Waals surface area contributed by atoms with Gasteiger partial charge in [-0.15, -0.1) is 0 Å². The monoisotopic (exact) mass is 274 g/mol.